The number of allylic oxidation sites excluding steroid dienone is 2. The van der Waals surface area contributed by atoms with Crippen LogP contribution in [0.25, 0.3) is 0 Å². The molecule has 0 saturated carbocycles. The van der Waals surface area contributed by atoms with Gasteiger partial charge in [0.15, 0.2) is 5.06 Å². The van der Waals surface area contributed by atoms with E-state index >= 15 is 0 Å². The molecule has 2 nitrogen and oxygen atoms in total. The molecule has 104 valence electrons. The second-order valence-corrected chi connectivity index (χ2v) is 5.09. The molecule has 2 atom stereocenters. The lowest BCUT2D eigenvalue weighted by atomic mass is 9.97. The average Bonchev–Trinajstić information content (AvgIpc) is 2.38. The Morgan fingerprint density at radius 1 is 1.32 bits per heavy atom. The Labute approximate surface area is 125 Å². The van der Waals surface area contributed by atoms with Crippen LogP contribution in [0.1, 0.15) is 11.1 Å². The molecule has 1 aliphatic rings. The number of ether oxygens (including phenoxy) is 1. The third-order valence-electron chi connectivity index (χ3n) is 3.25. The van der Waals surface area contributed by atoms with Gasteiger partial charge in [-0.25, -0.2) is 0 Å². The molecule has 2 rings (SSSR count). The molecular formula is C15H19Cl2NO. The fourth-order valence-corrected chi connectivity index (χ4v) is 2.28. The van der Waals surface area contributed by atoms with Gasteiger partial charge in [0, 0.05) is 12.5 Å². The summed E-state index contributed by atoms with van der Waals surface area (Å²) in [5.41, 5.74) is 8.08. The smallest absolute Gasteiger partial charge is 0.168 e. The normalized spacial score (nSPS) is 25.1. The molecule has 0 spiro atoms. The Bertz CT molecular complexity index is 473. The van der Waals surface area contributed by atoms with Crippen LogP contribution in [0.4, 0.5) is 0 Å². The highest BCUT2D eigenvalue weighted by atomic mass is 35.5. The molecule has 0 radical (unpaired) electrons. The van der Waals surface area contributed by atoms with Crippen molar-refractivity contribution < 1.29 is 4.74 Å². The number of hydrogen-bond acceptors (Lipinski definition) is 2. The van der Waals surface area contributed by atoms with Crippen LogP contribution in [0.2, 0.25) is 0 Å². The Kier molecular flexibility index (Phi) is 6.08. The minimum Gasteiger partial charge on any atom is -0.351 e. The second kappa shape index (κ2) is 7.11. The van der Waals surface area contributed by atoms with Crippen LogP contribution in [0.15, 0.2) is 48.6 Å². The molecule has 1 aliphatic carbocycles. The van der Waals surface area contributed by atoms with Crippen LogP contribution in [0.5, 0.6) is 0 Å². The number of alkyl halides is 1. The molecule has 0 amide bonds. The number of hydrogen-bond donors (Lipinski definition) is 1. The summed E-state index contributed by atoms with van der Waals surface area (Å²) < 4.78 is 5.89. The molecule has 0 bridgehead atoms. The molecule has 0 saturated heterocycles. The molecule has 0 aliphatic heterocycles. The molecule has 0 heterocycles. The first-order valence-electron chi connectivity index (χ1n) is 6.09. The largest absolute Gasteiger partial charge is 0.351 e. The van der Waals surface area contributed by atoms with Crippen molar-refractivity contribution in [2.45, 2.75) is 18.6 Å². The van der Waals surface area contributed by atoms with Gasteiger partial charge in [0.1, 0.15) is 0 Å². The summed E-state index contributed by atoms with van der Waals surface area (Å²) in [4.78, 5) is 0. The fourth-order valence-electron chi connectivity index (χ4n) is 1.99. The highest BCUT2D eigenvalue weighted by molar-refractivity contribution is 6.24. The quantitative estimate of drug-likeness (QED) is 0.863. The van der Waals surface area contributed by atoms with Crippen molar-refractivity contribution in [3.63, 3.8) is 0 Å². The summed E-state index contributed by atoms with van der Waals surface area (Å²) in [6.45, 7) is 3.03. The molecule has 2 unspecified atom stereocenters. The van der Waals surface area contributed by atoms with E-state index < -0.39 is 5.06 Å². The van der Waals surface area contributed by atoms with Crippen LogP contribution < -0.4 is 5.73 Å². The zero-order valence-electron chi connectivity index (χ0n) is 10.9. The number of benzene rings is 1. The van der Waals surface area contributed by atoms with E-state index in [-0.39, 0.29) is 18.3 Å². The molecule has 0 fully saturated rings. The van der Waals surface area contributed by atoms with E-state index in [9.17, 15) is 0 Å². The van der Waals surface area contributed by atoms with E-state index in [1.807, 2.05) is 36.4 Å². The van der Waals surface area contributed by atoms with Gasteiger partial charge in [0.2, 0.25) is 0 Å². The van der Waals surface area contributed by atoms with E-state index in [0.29, 0.717) is 13.2 Å². The first kappa shape index (κ1) is 16.3. The van der Waals surface area contributed by atoms with Gasteiger partial charge in [-0.2, -0.15) is 0 Å². The van der Waals surface area contributed by atoms with E-state index in [1.54, 1.807) is 0 Å². The number of rotatable bonds is 4. The van der Waals surface area contributed by atoms with Crippen molar-refractivity contribution in [1.82, 2.24) is 0 Å². The van der Waals surface area contributed by atoms with Gasteiger partial charge in [-0.05, 0) is 24.1 Å². The lowest BCUT2D eigenvalue weighted by Crippen LogP contribution is -2.37. The number of nitrogens with two attached hydrogens (primary N) is 1. The predicted octanol–water partition coefficient (Wildman–Crippen LogP) is 3.57. The summed E-state index contributed by atoms with van der Waals surface area (Å²) in [6, 6.07) is 8.14. The van der Waals surface area contributed by atoms with E-state index in [4.69, 9.17) is 22.1 Å². The monoisotopic (exact) mass is 299 g/mol. The molecular weight excluding hydrogens is 281 g/mol. The van der Waals surface area contributed by atoms with Gasteiger partial charge in [-0.1, -0.05) is 54.1 Å². The van der Waals surface area contributed by atoms with Crippen LogP contribution in [0, 0.1) is 12.8 Å². The second-order valence-electron chi connectivity index (χ2n) is 4.50. The molecule has 1 aromatic rings. The van der Waals surface area contributed by atoms with Crippen molar-refractivity contribution >= 4 is 24.0 Å². The Balaban J connectivity index is 0.00000180. The average molecular weight is 300 g/mol. The Morgan fingerprint density at radius 2 is 2.05 bits per heavy atom. The lowest BCUT2D eigenvalue weighted by molar-refractivity contribution is 0.0140. The van der Waals surface area contributed by atoms with Crippen LogP contribution in [-0.2, 0) is 11.3 Å². The SMILES string of the molecule is Cc1ccccc1COC1(Cl)C=CC=CC1CN.Cl. The lowest BCUT2D eigenvalue weighted by Gasteiger charge is -2.32. The maximum absolute atomic E-state index is 6.50. The van der Waals surface area contributed by atoms with Gasteiger partial charge < -0.3 is 10.5 Å². The summed E-state index contributed by atoms with van der Waals surface area (Å²) in [5.74, 6) is 0.00758. The standard InChI is InChI=1S/C15H18ClNO.ClH/c1-12-6-2-3-7-13(12)11-18-15(16)9-5-4-8-14(15)10-17;/h2-9,14H,10-11,17H2,1H3;1H. The fraction of sp³-hybridized carbons (Fsp3) is 0.333. The zero-order valence-corrected chi connectivity index (χ0v) is 12.5. The highest BCUT2D eigenvalue weighted by Crippen LogP contribution is 2.33. The van der Waals surface area contributed by atoms with Crippen molar-refractivity contribution in [2.75, 3.05) is 6.54 Å². The summed E-state index contributed by atoms with van der Waals surface area (Å²) in [5, 5.41) is -0.828. The van der Waals surface area contributed by atoms with Gasteiger partial charge >= 0.3 is 0 Å². The van der Waals surface area contributed by atoms with Gasteiger partial charge in [0.05, 0.1) is 6.61 Å². The van der Waals surface area contributed by atoms with Gasteiger partial charge in [0.25, 0.3) is 0 Å². The predicted molar refractivity (Wildman–Crippen MR) is 82.6 cm³/mol. The van der Waals surface area contributed by atoms with E-state index in [1.165, 1.54) is 5.56 Å². The molecule has 4 heteroatoms. The van der Waals surface area contributed by atoms with Gasteiger partial charge in [-0.15, -0.1) is 12.4 Å². The zero-order chi connectivity index (χ0) is 13.0. The third kappa shape index (κ3) is 3.83. The third-order valence-corrected chi connectivity index (χ3v) is 3.76. The minimum atomic E-state index is -0.828. The van der Waals surface area contributed by atoms with Crippen LogP contribution in [-0.4, -0.2) is 11.6 Å². The Morgan fingerprint density at radius 3 is 2.74 bits per heavy atom. The van der Waals surface area contributed by atoms with Gasteiger partial charge in [-0.3, -0.25) is 0 Å². The highest BCUT2D eigenvalue weighted by Gasteiger charge is 2.34. The van der Waals surface area contributed by atoms with E-state index in [0.717, 1.165) is 5.56 Å². The summed E-state index contributed by atoms with van der Waals surface area (Å²) in [6.07, 6.45) is 7.71. The van der Waals surface area contributed by atoms with Crippen molar-refractivity contribution in [3.05, 3.63) is 59.7 Å². The first-order chi connectivity index (χ1) is 8.65. The first-order valence-corrected chi connectivity index (χ1v) is 6.47. The van der Waals surface area contributed by atoms with Crippen molar-refractivity contribution in [1.29, 1.82) is 0 Å². The summed E-state index contributed by atoms with van der Waals surface area (Å²) >= 11 is 6.50. The van der Waals surface area contributed by atoms with Crippen molar-refractivity contribution in [2.24, 2.45) is 11.7 Å². The number of aryl methyl sites for hydroxylation is 1. The van der Waals surface area contributed by atoms with Crippen LogP contribution >= 0.6 is 24.0 Å². The Hall–Kier alpha value is -0.800. The van der Waals surface area contributed by atoms with Crippen molar-refractivity contribution in [3.8, 4) is 0 Å². The minimum absolute atomic E-state index is 0. The topological polar surface area (TPSA) is 35.2 Å². The molecule has 19 heavy (non-hydrogen) atoms. The molecule has 1 aromatic carbocycles. The molecule has 0 aromatic heterocycles. The maximum Gasteiger partial charge on any atom is 0.168 e. The summed E-state index contributed by atoms with van der Waals surface area (Å²) in [7, 11) is 0. The van der Waals surface area contributed by atoms with E-state index in [2.05, 4.69) is 19.1 Å². The number of halogens is 2. The van der Waals surface area contributed by atoms with Crippen LogP contribution in [0.3, 0.4) is 0 Å². The molecule has 2 N–H and O–H groups in total. The maximum atomic E-state index is 6.50.